The standard InChI is InChI=1S/C22H40O2.2C3H9N.BrH/c1-2-3-4-5-6-7-8-9-10-11-12-13-14-15-16-17-18-19-20-21-22(23)24;2*1-4(2)3;/h2-8,11-21H2,1H3,(H,23,24);2*1-3H3;1H. The molecular weight excluding hydrogens is 476 g/mol. The molecule has 0 fully saturated rings. The molecule has 0 aromatic rings. The Balaban J connectivity index is -0.000000401. The van der Waals surface area contributed by atoms with Crippen LogP contribution >= 0.6 is 0 Å². The van der Waals surface area contributed by atoms with Crippen molar-refractivity contribution in [1.82, 2.24) is 0 Å². The van der Waals surface area contributed by atoms with Crippen LogP contribution in [0.2, 0.25) is 0 Å². The Hall–Kier alpha value is -0.570. The van der Waals surface area contributed by atoms with Crippen LogP contribution in [-0.4, -0.2) is 48.3 Å². The number of hydrogen-bond acceptors (Lipinski definition) is 2. The summed E-state index contributed by atoms with van der Waals surface area (Å²) in [5, 5.41) is 10.3. The summed E-state index contributed by atoms with van der Waals surface area (Å²) in [6, 6.07) is 0. The number of nitrogens with one attached hydrogen (secondary N) is 2. The van der Waals surface area contributed by atoms with Crippen LogP contribution in [0, 0.1) is 11.8 Å². The average Bonchev–Trinajstić information content (AvgIpc) is 2.68. The molecule has 0 heterocycles. The summed E-state index contributed by atoms with van der Waals surface area (Å²) in [4.78, 5) is 13.1. The van der Waals surface area contributed by atoms with E-state index in [0.717, 1.165) is 32.1 Å². The fourth-order valence-electron chi connectivity index (χ4n) is 2.89. The summed E-state index contributed by atoms with van der Waals surface area (Å²) in [5.74, 6) is 5.73. The highest BCUT2D eigenvalue weighted by Crippen LogP contribution is 2.11. The molecule has 0 aliphatic carbocycles. The first kappa shape index (κ1) is 39.6. The van der Waals surface area contributed by atoms with Gasteiger partial charge in [0.25, 0.3) is 0 Å². The summed E-state index contributed by atoms with van der Waals surface area (Å²) < 4.78 is 0. The van der Waals surface area contributed by atoms with Gasteiger partial charge >= 0.3 is 0 Å². The molecule has 0 amide bonds. The number of aliphatic carboxylic acids is 1. The van der Waals surface area contributed by atoms with Gasteiger partial charge in [-0.05, 0) is 25.7 Å². The molecule has 0 unspecified atom stereocenters. The molecule has 0 aromatic heterocycles. The molecule has 0 spiro atoms. The van der Waals surface area contributed by atoms with E-state index >= 15 is 0 Å². The summed E-state index contributed by atoms with van der Waals surface area (Å²) in [5.41, 5.74) is 0. The van der Waals surface area contributed by atoms with Crippen LogP contribution in [0.15, 0.2) is 0 Å². The summed E-state index contributed by atoms with van der Waals surface area (Å²) in [7, 11) is 12.5. The zero-order valence-corrected chi connectivity index (χ0v) is 25.0. The zero-order valence-electron chi connectivity index (χ0n) is 23.4. The van der Waals surface area contributed by atoms with Crippen LogP contribution in [0.4, 0.5) is 0 Å². The lowest BCUT2D eigenvalue weighted by Gasteiger charge is -2.02. The fraction of sp³-hybridized carbons (Fsp3) is 0.893. The second-order valence-electron chi connectivity index (χ2n) is 9.93. The molecule has 4 nitrogen and oxygen atoms in total. The summed E-state index contributed by atoms with van der Waals surface area (Å²) in [6.07, 6.45) is 21.2. The lowest BCUT2D eigenvalue weighted by molar-refractivity contribution is -0.836. The summed E-state index contributed by atoms with van der Waals surface area (Å²) in [6.45, 7) is 2.26. The van der Waals surface area contributed by atoms with Gasteiger partial charge in [-0.1, -0.05) is 84.0 Å². The number of carboxylic acids is 1. The van der Waals surface area contributed by atoms with Gasteiger partial charge in [0.15, 0.2) is 0 Å². The Morgan fingerprint density at radius 3 is 1.15 bits per heavy atom. The minimum Gasteiger partial charge on any atom is -1.00 e. The van der Waals surface area contributed by atoms with Crippen molar-refractivity contribution in [2.75, 3.05) is 42.3 Å². The first-order chi connectivity index (χ1) is 15.2. The number of carbonyl (C=O) groups is 1. The monoisotopic (exact) mass is 534 g/mol. The SMILES string of the molecule is CCCCCCCCC#CCCCCCCCCCCCC(=O)[O-].C[NH+](C)C.C[NH+](C)C.[Br-]. The third-order valence-electron chi connectivity index (χ3n) is 4.46. The van der Waals surface area contributed by atoms with Crippen molar-refractivity contribution in [2.24, 2.45) is 0 Å². The highest BCUT2D eigenvalue weighted by atomic mass is 79.9. The van der Waals surface area contributed by atoms with Gasteiger partial charge in [0.1, 0.15) is 0 Å². The van der Waals surface area contributed by atoms with Crippen molar-refractivity contribution in [1.29, 1.82) is 0 Å². The molecule has 0 aromatic carbocycles. The van der Waals surface area contributed by atoms with E-state index in [4.69, 9.17) is 0 Å². The Bertz CT molecular complexity index is 406. The normalized spacial score (nSPS) is 9.73. The molecule has 5 heteroatoms. The van der Waals surface area contributed by atoms with Crippen molar-refractivity contribution in [3.63, 3.8) is 0 Å². The number of carboxylic acid groups (broad SMARTS) is 1. The lowest BCUT2D eigenvalue weighted by atomic mass is 10.1. The molecule has 0 radical (unpaired) electrons. The average molecular weight is 536 g/mol. The highest BCUT2D eigenvalue weighted by Gasteiger charge is 1.93. The maximum Gasteiger partial charge on any atom is 0.0661 e. The summed E-state index contributed by atoms with van der Waals surface area (Å²) >= 11 is 0. The Kier molecular flexibility index (Phi) is 43.2. The molecule has 0 atom stereocenters. The molecule has 0 saturated carbocycles. The highest BCUT2D eigenvalue weighted by molar-refractivity contribution is 5.63. The van der Waals surface area contributed by atoms with E-state index in [-0.39, 0.29) is 23.4 Å². The maximum atomic E-state index is 10.3. The van der Waals surface area contributed by atoms with Crippen molar-refractivity contribution < 1.29 is 36.7 Å². The van der Waals surface area contributed by atoms with Crippen molar-refractivity contribution in [3.05, 3.63) is 0 Å². The fourth-order valence-corrected chi connectivity index (χ4v) is 2.89. The van der Waals surface area contributed by atoms with E-state index < -0.39 is 5.97 Å². The van der Waals surface area contributed by atoms with Gasteiger partial charge in [0.05, 0.1) is 42.3 Å². The van der Waals surface area contributed by atoms with Crippen molar-refractivity contribution in [3.8, 4) is 11.8 Å². The third kappa shape index (κ3) is 65.2. The largest absolute Gasteiger partial charge is 1.00 e. The van der Waals surface area contributed by atoms with E-state index in [1.807, 2.05) is 0 Å². The Morgan fingerprint density at radius 1 is 0.576 bits per heavy atom. The second kappa shape index (κ2) is 36.0. The number of unbranched alkanes of at least 4 members (excludes halogenated alkanes) is 15. The second-order valence-corrected chi connectivity index (χ2v) is 9.93. The van der Waals surface area contributed by atoms with Gasteiger partial charge in [-0.3, -0.25) is 0 Å². The molecule has 200 valence electrons. The molecule has 0 saturated heterocycles. The zero-order chi connectivity index (χ0) is 24.9. The van der Waals surface area contributed by atoms with E-state index in [9.17, 15) is 9.90 Å². The molecule has 0 aliphatic rings. The number of quaternary nitrogens is 2. The molecule has 2 N–H and O–H groups in total. The predicted octanol–water partition coefficient (Wildman–Crippen LogP) is 0.307. The van der Waals surface area contributed by atoms with Crippen LogP contribution in [0.3, 0.4) is 0 Å². The predicted molar refractivity (Wildman–Crippen MR) is 139 cm³/mol. The van der Waals surface area contributed by atoms with Crippen molar-refractivity contribution in [2.45, 2.75) is 122 Å². The lowest BCUT2D eigenvalue weighted by Crippen LogP contribution is -3.02. The van der Waals surface area contributed by atoms with Gasteiger partial charge in [-0.2, -0.15) is 0 Å². The van der Waals surface area contributed by atoms with E-state index in [1.54, 1.807) is 0 Å². The van der Waals surface area contributed by atoms with Gasteiger partial charge in [-0.15, -0.1) is 11.8 Å². The van der Waals surface area contributed by atoms with Gasteiger partial charge in [0, 0.05) is 18.8 Å². The number of carbonyl (C=O) groups excluding carboxylic acids is 1. The number of halogens is 1. The van der Waals surface area contributed by atoms with Gasteiger partial charge in [0.2, 0.25) is 0 Å². The molecule has 0 aliphatic heterocycles. The van der Waals surface area contributed by atoms with E-state index in [0.29, 0.717) is 0 Å². The Labute approximate surface area is 219 Å². The first-order valence-electron chi connectivity index (χ1n) is 13.4. The van der Waals surface area contributed by atoms with E-state index in [2.05, 4.69) is 61.1 Å². The number of hydrogen-bond donors (Lipinski definition) is 2. The van der Waals surface area contributed by atoms with Crippen LogP contribution in [-0.2, 0) is 4.79 Å². The third-order valence-corrected chi connectivity index (χ3v) is 4.46. The quantitative estimate of drug-likeness (QED) is 0.208. The molecule has 33 heavy (non-hydrogen) atoms. The van der Waals surface area contributed by atoms with Crippen LogP contribution in [0.25, 0.3) is 0 Å². The number of rotatable bonds is 17. The molecular formula is C28H59BrN2O2. The smallest absolute Gasteiger partial charge is 0.0661 e. The topological polar surface area (TPSA) is 49.0 Å². The van der Waals surface area contributed by atoms with Crippen LogP contribution in [0.5, 0.6) is 0 Å². The maximum absolute atomic E-state index is 10.3. The van der Waals surface area contributed by atoms with Crippen LogP contribution < -0.4 is 31.9 Å². The van der Waals surface area contributed by atoms with Crippen molar-refractivity contribution >= 4 is 5.97 Å². The van der Waals surface area contributed by atoms with Gasteiger partial charge < -0.3 is 36.7 Å². The minimum absolute atomic E-state index is 0. The first-order valence-corrected chi connectivity index (χ1v) is 13.4. The molecule has 0 bridgehead atoms. The molecule has 0 rings (SSSR count). The minimum atomic E-state index is -0.912. The van der Waals surface area contributed by atoms with Gasteiger partial charge in [-0.25, -0.2) is 0 Å². The van der Waals surface area contributed by atoms with E-state index in [1.165, 1.54) is 86.8 Å². The van der Waals surface area contributed by atoms with Crippen LogP contribution in [0.1, 0.15) is 122 Å². The Morgan fingerprint density at radius 2 is 0.848 bits per heavy atom.